The molecule has 8 heteroatoms. The van der Waals surface area contributed by atoms with E-state index in [9.17, 15) is 9.59 Å². The van der Waals surface area contributed by atoms with Crippen LogP contribution in [0.2, 0.25) is 0 Å². The summed E-state index contributed by atoms with van der Waals surface area (Å²) in [6, 6.07) is 7.50. The summed E-state index contributed by atoms with van der Waals surface area (Å²) < 4.78 is 5.69. The molecule has 0 saturated carbocycles. The molecule has 1 fully saturated rings. The highest BCUT2D eigenvalue weighted by atomic mass is 16.5. The van der Waals surface area contributed by atoms with E-state index in [2.05, 4.69) is 15.3 Å². The summed E-state index contributed by atoms with van der Waals surface area (Å²) in [4.78, 5) is 37.4. The molecule has 0 aliphatic carbocycles. The molecular formula is C21H25N5O3. The Morgan fingerprint density at radius 1 is 1.38 bits per heavy atom. The summed E-state index contributed by atoms with van der Waals surface area (Å²) in [6.07, 6.45) is 5.96. The molecule has 2 aromatic rings. The number of ether oxygens (including phenoxy) is 1. The fourth-order valence-corrected chi connectivity index (χ4v) is 3.64. The third kappa shape index (κ3) is 4.37. The third-order valence-electron chi connectivity index (χ3n) is 5.30. The molecule has 0 aromatic carbocycles. The van der Waals surface area contributed by atoms with Crippen LogP contribution >= 0.6 is 0 Å². The van der Waals surface area contributed by atoms with Gasteiger partial charge in [0.15, 0.2) is 0 Å². The van der Waals surface area contributed by atoms with Crippen molar-refractivity contribution >= 4 is 23.3 Å². The molecule has 2 aliphatic heterocycles. The van der Waals surface area contributed by atoms with Gasteiger partial charge in [0.25, 0.3) is 5.91 Å². The first-order valence-corrected chi connectivity index (χ1v) is 9.93. The number of hydrogen-bond acceptors (Lipinski definition) is 6. The normalized spacial score (nSPS) is 18.3. The minimum Gasteiger partial charge on any atom is -0.376 e. The van der Waals surface area contributed by atoms with E-state index >= 15 is 0 Å². The van der Waals surface area contributed by atoms with Crippen molar-refractivity contribution in [2.24, 2.45) is 0 Å². The average Bonchev–Trinajstić information content (AvgIpc) is 3.27. The van der Waals surface area contributed by atoms with Gasteiger partial charge in [-0.2, -0.15) is 0 Å². The topological polar surface area (TPSA) is 87.7 Å². The fourth-order valence-electron chi connectivity index (χ4n) is 3.64. The molecule has 1 atom stereocenters. The van der Waals surface area contributed by atoms with Crippen molar-refractivity contribution in [2.75, 3.05) is 43.5 Å². The highest BCUT2D eigenvalue weighted by molar-refractivity contribution is 6.04. The van der Waals surface area contributed by atoms with E-state index in [1.165, 1.54) is 0 Å². The van der Waals surface area contributed by atoms with Crippen molar-refractivity contribution in [1.82, 2.24) is 14.9 Å². The number of amides is 2. The maximum absolute atomic E-state index is 12.9. The number of fused-ring (bicyclic) bond motifs is 1. The summed E-state index contributed by atoms with van der Waals surface area (Å²) in [5.41, 5.74) is 2.04. The lowest BCUT2D eigenvalue weighted by atomic mass is 10.1. The van der Waals surface area contributed by atoms with Crippen LogP contribution in [-0.2, 0) is 16.0 Å². The van der Waals surface area contributed by atoms with E-state index in [1.807, 2.05) is 18.2 Å². The lowest BCUT2D eigenvalue weighted by Crippen LogP contribution is -2.44. The van der Waals surface area contributed by atoms with E-state index in [-0.39, 0.29) is 24.5 Å². The molecular weight excluding hydrogens is 370 g/mol. The minimum atomic E-state index is -0.133. The van der Waals surface area contributed by atoms with Gasteiger partial charge in [-0.3, -0.25) is 14.6 Å². The van der Waals surface area contributed by atoms with Gasteiger partial charge >= 0.3 is 0 Å². The van der Waals surface area contributed by atoms with Gasteiger partial charge in [0.1, 0.15) is 5.82 Å². The Morgan fingerprint density at radius 2 is 2.28 bits per heavy atom. The zero-order valence-electron chi connectivity index (χ0n) is 16.5. The number of likely N-dealkylation sites (N-methyl/N-ethyl adjacent to an activating group) is 1. The van der Waals surface area contributed by atoms with Gasteiger partial charge in [-0.1, -0.05) is 6.07 Å². The van der Waals surface area contributed by atoms with Gasteiger partial charge in [-0.05, 0) is 31.0 Å². The second-order valence-electron chi connectivity index (χ2n) is 7.38. The van der Waals surface area contributed by atoms with Gasteiger partial charge in [0, 0.05) is 44.7 Å². The van der Waals surface area contributed by atoms with E-state index in [0.29, 0.717) is 36.6 Å². The summed E-state index contributed by atoms with van der Waals surface area (Å²) in [5.74, 6) is 0.449. The van der Waals surface area contributed by atoms with Crippen molar-refractivity contribution in [1.29, 1.82) is 0 Å². The van der Waals surface area contributed by atoms with Gasteiger partial charge in [0.05, 0.1) is 30.4 Å². The highest BCUT2D eigenvalue weighted by Gasteiger charge is 2.30. The average molecular weight is 395 g/mol. The SMILES string of the molecule is CN(CCc1ccccn1)C(=O)c1cnc2c(c1)N(CC1CCCO1)C(=O)CN2. The molecule has 4 rings (SSSR count). The molecule has 2 amide bonds. The summed E-state index contributed by atoms with van der Waals surface area (Å²) in [6.45, 7) is 1.96. The summed E-state index contributed by atoms with van der Waals surface area (Å²) in [7, 11) is 1.76. The number of pyridine rings is 2. The van der Waals surface area contributed by atoms with E-state index in [1.54, 1.807) is 35.3 Å². The number of nitrogens with zero attached hydrogens (tertiary/aromatic N) is 4. The zero-order valence-corrected chi connectivity index (χ0v) is 16.5. The van der Waals surface area contributed by atoms with Crippen LogP contribution in [-0.4, -0.2) is 66.1 Å². The van der Waals surface area contributed by atoms with Crippen molar-refractivity contribution in [3.05, 3.63) is 47.9 Å². The van der Waals surface area contributed by atoms with E-state index in [4.69, 9.17) is 4.74 Å². The first kappa shape index (κ1) is 19.3. The largest absolute Gasteiger partial charge is 0.376 e. The second kappa shape index (κ2) is 8.57. The predicted molar refractivity (Wildman–Crippen MR) is 109 cm³/mol. The molecule has 1 saturated heterocycles. The second-order valence-corrected chi connectivity index (χ2v) is 7.38. The summed E-state index contributed by atoms with van der Waals surface area (Å²) in [5, 5.41) is 3.03. The lowest BCUT2D eigenvalue weighted by Gasteiger charge is -2.31. The molecule has 2 aliphatic rings. The molecule has 0 bridgehead atoms. The van der Waals surface area contributed by atoms with Crippen molar-refractivity contribution in [2.45, 2.75) is 25.4 Å². The molecule has 29 heavy (non-hydrogen) atoms. The Bertz CT molecular complexity index is 883. The molecule has 1 N–H and O–H groups in total. The van der Waals surface area contributed by atoms with Crippen LogP contribution in [0.15, 0.2) is 36.7 Å². The third-order valence-corrected chi connectivity index (χ3v) is 5.30. The Kier molecular flexibility index (Phi) is 5.71. The monoisotopic (exact) mass is 395 g/mol. The number of carbonyl (C=O) groups excluding carboxylic acids is 2. The molecule has 8 nitrogen and oxygen atoms in total. The van der Waals surface area contributed by atoms with Crippen LogP contribution in [0, 0.1) is 0 Å². The van der Waals surface area contributed by atoms with Crippen LogP contribution in [0.4, 0.5) is 11.5 Å². The van der Waals surface area contributed by atoms with Crippen molar-refractivity contribution in [3.8, 4) is 0 Å². The number of carbonyl (C=O) groups is 2. The Hall–Kier alpha value is -3.00. The van der Waals surface area contributed by atoms with Gasteiger partial charge in [-0.15, -0.1) is 0 Å². The molecule has 1 unspecified atom stereocenters. The molecule has 0 radical (unpaired) electrons. The summed E-state index contributed by atoms with van der Waals surface area (Å²) >= 11 is 0. The van der Waals surface area contributed by atoms with Crippen LogP contribution in [0.5, 0.6) is 0 Å². The minimum absolute atomic E-state index is 0.0327. The molecule has 4 heterocycles. The predicted octanol–water partition coefficient (Wildman–Crippen LogP) is 1.73. The van der Waals surface area contributed by atoms with Gasteiger partial charge in [0.2, 0.25) is 5.91 Å². The first-order chi connectivity index (χ1) is 14.1. The van der Waals surface area contributed by atoms with Gasteiger partial charge in [-0.25, -0.2) is 4.98 Å². The number of hydrogen-bond donors (Lipinski definition) is 1. The maximum Gasteiger partial charge on any atom is 0.255 e. The van der Waals surface area contributed by atoms with E-state index < -0.39 is 0 Å². The quantitative estimate of drug-likeness (QED) is 0.802. The van der Waals surface area contributed by atoms with E-state index in [0.717, 1.165) is 25.1 Å². The number of rotatable bonds is 6. The number of anilines is 2. The van der Waals surface area contributed by atoms with Crippen molar-refractivity contribution < 1.29 is 14.3 Å². The Labute approximate surface area is 169 Å². The van der Waals surface area contributed by atoms with Crippen LogP contribution in [0.1, 0.15) is 28.9 Å². The maximum atomic E-state index is 12.9. The van der Waals surface area contributed by atoms with Crippen LogP contribution in [0.3, 0.4) is 0 Å². The Morgan fingerprint density at radius 3 is 3.03 bits per heavy atom. The molecule has 152 valence electrons. The smallest absolute Gasteiger partial charge is 0.255 e. The highest BCUT2D eigenvalue weighted by Crippen LogP contribution is 2.30. The lowest BCUT2D eigenvalue weighted by molar-refractivity contribution is -0.117. The number of nitrogens with one attached hydrogen (secondary N) is 1. The molecule has 2 aromatic heterocycles. The van der Waals surface area contributed by atoms with Crippen molar-refractivity contribution in [3.63, 3.8) is 0 Å². The molecule has 0 spiro atoms. The zero-order chi connectivity index (χ0) is 20.2. The Balaban J connectivity index is 1.48. The van der Waals surface area contributed by atoms with Crippen LogP contribution in [0.25, 0.3) is 0 Å². The fraction of sp³-hybridized carbons (Fsp3) is 0.429. The van der Waals surface area contributed by atoms with Gasteiger partial charge < -0.3 is 19.9 Å². The van der Waals surface area contributed by atoms with Crippen LogP contribution < -0.4 is 10.2 Å². The standard InChI is InChI=1S/C21H25N5O3/c1-25(9-7-16-5-2-3-8-22-16)21(28)15-11-18-20(23-12-15)24-13-19(27)26(18)14-17-6-4-10-29-17/h2-3,5,8,11-12,17H,4,6-7,9-10,13-14H2,1H3,(H,23,24). The number of aromatic nitrogens is 2. The first-order valence-electron chi connectivity index (χ1n) is 9.93.